The van der Waals surface area contributed by atoms with E-state index in [0.29, 0.717) is 24.0 Å². The van der Waals surface area contributed by atoms with Crippen molar-refractivity contribution in [2.75, 3.05) is 39.4 Å². The Morgan fingerprint density at radius 2 is 2.13 bits per heavy atom. The first-order chi connectivity index (χ1) is 14.7. The molecule has 0 radical (unpaired) electrons. The van der Waals surface area contributed by atoms with Gasteiger partial charge in [-0.3, -0.25) is 9.98 Å². The molecule has 0 spiro atoms. The monoisotopic (exact) mass is 416 g/mol. The molecule has 2 aliphatic heterocycles. The van der Waals surface area contributed by atoms with E-state index in [9.17, 15) is 0 Å². The molecule has 30 heavy (non-hydrogen) atoms. The van der Waals surface area contributed by atoms with Gasteiger partial charge >= 0.3 is 0 Å². The smallest absolute Gasteiger partial charge is 0.193 e. The number of aliphatic imine (C=N–C) groups is 1. The van der Waals surface area contributed by atoms with Crippen molar-refractivity contribution in [1.82, 2.24) is 15.2 Å². The van der Waals surface area contributed by atoms with Crippen LogP contribution < -0.4 is 5.32 Å². The zero-order valence-corrected chi connectivity index (χ0v) is 19.1. The van der Waals surface area contributed by atoms with Crippen molar-refractivity contribution in [2.24, 2.45) is 10.9 Å². The first kappa shape index (κ1) is 23.0. The molecule has 0 bridgehead atoms. The Labute approximate surface area is 182 Å². The van der Waals surface area contributed by atoms with Gasteiger partial charge in [-0.2, -0.15) is 0 Å². The molecule has 2 saturated heterocycles. The van der Waals surface area contributed by atoms with Crippen LogP contribution >= 0.6 is 0 Å². The fourth-order valence-electron chi connectivity index (χ4n) is 4.32. The third-order valence-electron chi connectivity index (χ3n) is 6.22. The molecule has 6 nitrogen and oxygen atoms in total. The second-order valence-corrected chi connectivity index (χ2v) is 8.84. The highest BCUT2D eigenvalue weighted by molar-refractivity contribution is 5.80. The quantitative estimate of drug-likeness (QED) is 0.515. The molecule has 2 aliphatic rings. The summed E-state index contributed by atoms with van der Waals surface area (Å²) in [4.78, 5) is 11.7. The fraction of sp³-hybridized carbons (Fsp3) is 0.750. The minimum Gasteiger partial charge on any atom is -0.376 e. The molecule has 3 heterocycles. The maximum absolute atomic E-state index is 6.18. The van der Waals surface area contributed by atoms with Gasteiger partial charge in [-0.25, -0.2) is 0 Å². The van der Waals surface area contributed by atoms with E-state index in [4.69, 9.17) is 14.5 Å². The predicted octanol–water partition coefficient (Wildman–Crippen LogP) is 3.84. The van der Waals surface area contributed by atoms with Crippen LogP contribution in [-0.2, 0) is 9.47 Å². The maximum atomic E-state index is 6.18. The largest absolute Gasteiger partial charge is 0.376 e. The molecule has 2 unspecified atom stereocenters. The highest BCUT2D eigenvalue weighted by atomic mass is 16.5. The molecule has 1 aromatic rings. The molecule has 0 saturated carbocycles. The fourth-order valence-corrected chi connectivity index (χ4v) is 4.32. The Balaban J connectivity index is 1.51. The van der Waals surface area contributed by atoms with Crippen molar-refractivity contribution in [3.05, 3.63) is 30.1 Å². The summed E-state index contributed by atoms with van der Waals surface area (Å²) in [6.07, 6.45) is 10.2. The van der Waals surface area contributed by atoms with E-state index in [2.05, 4.69) is 42.0 Å². The lowest BCUT2D eigenvalue weighted by Gasteiger charge is -2.35. The van der Waals surface area contributed by atoms with Crippen LogP contribution in [0.1, 0.15) is 64.4 Å². The zero-order chi connectivity index (χ0) is 21.2. The molecule has 1 aromatic heterocycles. The van der Waals surface area contributed by atoms with Gasteiger partial charge in [0.2, 0.25) is 0 Å². The summed E-state index contributed by atoms with van der Waals surface area (Å²) >= 11 is 0. The van der Waals surface area contributed by atoms with Crippen LogP contribution in [0.15, 0.2) is 29.5 Å². The van der Waals surface area contributed by atoms with Gasteiger partial charge < -0.3 is 19.7 Å². The van der Waals surface area contributed by atoms with Crippen LogP contribution in [0.5, 0.6) is 0 Å². The molecule has 0 aliphatic carbocycles. The molecule has 2 atom stereocenters. The summed E-state index contributed by atoms with van der Waals surface area (Å²) < 4.78 is 12.0. The van der Waals surface area contributed by atoms with E-state index in [1.807, 2.05) is 18.5 Å². The van der Waals surface area contributed by atoms with Crippen LogP contribution in [0.2, 0.25) is 0 Å². The predicted molar refractivity (Wildman–Crippen MR) is 122 cm³/mol. The summed E-state index contributed by atoms with van der Waals surface area (Å²) in [5.41, 5.74) is 1.27. The lowest BCUT2D eigenvalue weighted by Crippen LogP contribution is -2.47. The SMILES string of the molecule is CCNC(=NCC(c1cccnc1)C(C)C)N1CCC(OCC2CCCCO2)CC1. The standard InChI is InChI=1S/C24H40N4O2/c1-4-26-24(27-17-23(19(2)3)20-8-7-12-25-16-20)28-13-10-21(11-14-28)30-18-22-9-5-6-15-29-22/h7-8,12,16,19,21-23H,4-6,9-11,13-15,17-18H2,1-3H3,(H,26,27). The first-order valence-corrected chi connectivity index (χ1v) is 11.8. The molecule has 0 amide bonds. The number of piperidine rings is 1. The van der Waals surface area contributed by atoms with Crippen LogP contribution in [0.3, 0.4) is 0 Å². The summed E-state index contributed by atoms with van der Waals surface area (Å²) in [5.74, 6) is 1.92. The van der Waals surface area contributed by atoms with Crippen molar-refractivity contribution in [3.63, 3.8) is 0 Å². The minimum atomic E-state index is 0.302. The number of guanidine groups is 1. The van der Waals surface area contributed by atoms with Crippen LogP contribution in [0.4, 0.5) is 0 Å². The van der Waals surface area contributed by atoms with Crippen LogP contribution in [0.25, 0.3) is 0 Å². The Morgan fingerprint density at radius 3 is 2.77 bits per heavy atom. The highest BCUT2D eigenvalue weighted by Gasteiger charge is 2.24. The Morgan fingerprint density at radius 1 is 1.30 bits per heavy atom. The molecular formula is C24H40N4O2. The molecule has 6 heteroatoms. The van der Waals surface area contributed by atoms with Gasteiger partial charge in [0, 0.05) is 51.1 Å². The number of hydrogen-bond donors (Lipinski definition) is 1. The number of aromatic nitrogens is 1. The van der Waals surface area contributed by atoms with Crippen molar-refractivity contribution in [1.29, 1.82) is 0 Å². The van der Waals surface area contributed by atoms with Crippen LogP contribution in [0, 0.1) is 5.92 Å². The molecule has 168 valence electrons. The van der Waals surface area contributed by atoms with Gasteiger partial charge in [0.15, 0.2) is 5.96 Å². The lowest BCUT2D eigenvalue weighted by atomic mass is 9.89. The summed E-state index contributed by atoms with van der Waals surface area (Å²) in [6, 6.07) is 4.18. The average molecular weight is 417 g/mol. The van der Waals surface area contributed by atoms with Gasteiger partial charge in [0.1, 0.15) is 0 Å². The number of ether oxygens (including phenoxy) is 2. The zero-order valence-electron chi connectivity index (χ0n) is 19.1. The van der Waals surface area contributed by atoms with Gasteiger partial charge in [0.25, 0.3) is 0 Å². The van der Waals surface area contributed by atoms with E-state index in [-0.39, 0.29) is 0 Å². The van der Waals surface area contributed by atoms with E-state index in [1.165, 1.54) is 18.4 Å². The summed E-state index contributed by atoms with van der Waals surface area (Å²) in [6.45, 7) is 11.9. The van der Waals surface area contributed by atoms with Crippen molar-refractivity contribution in [3.8, 4) is 0 Å². The van der Waals surface area contributed by atoms with Gasteiger partial charge in [-0.1, -0.05) is 19.9 Å². The molecule has 2 fully saturated rings. The maximum Gasteiger partial charge on any atom is 0.193 e. The van der Waals surface area contributed by atoms with Crippen LogP contribution in [-0.4, -0.2) is 67.4 Å². The normalized spacial score (nSPS) is 22.3. The summed E-state index contributed by atoms with van der Waals surface area (Å²) in [7, 11) is 0. The number of nitrogens with one attached hydrogen (secondary N) is 1. The number of pyridine rings is 1. The number of rotatable bonds is 8. The minimum absolute atomic E-state index is 0.302. The number of nitrogens with zero attached hydrogens (tertiary/aromatic N) is 3. The second-order valence-electron chi connectivity index (χ2n) is 8.84. The Kier molecular flexibility index (Phi) is 9.40. The van der Waals surface area contributed by atoms with Gasteiger partial charge in [-0.05, 0) is 56.6 Å². The van der Waals surface area contributed by atoms with E-state index >= 15 is 0 Å². The van der Waals surface area contributed by atoms with Crippen molar-refractivity contribution in [2.45, 2.75) is 71.0 Å². The van der Waals surface area contributed by atoms with E-state index in [1.54, 1.807) is 0 Å². The Hall–Kier alpha value is -1.66. The lowest BCUT2D eigenvalue weighted by molar-refractivity contribution is -0.0721. The van der Waals surface area contributed by atoms with Gasteiger partial charge in [0.05, 0.1) is 18.8 Å². The van der Waals surface area contributed by atoms with E-state index in [0.717, 1.165) is 64.6 Å². The average Bonchev–Trinajstić information content (AvgIpc) is 2.79. The second kappa shape index (κ2) is 12.3. The Bertz CT molecular complexity index is 623. The highest BCUT2D eigenvalue weighted by Crippen LogP contribution is 2.24. The molecule has 3 rings (SSSR count). The summed E-state index contributed by atoms with van der Waals surface area (Å²) in [5, 5.41) is 3.50. The molecule has 1 N–H and O–H groups in total. The van der Waals surface area contributed by atoms with Crippen molar-refractivity contribution < 1.29 is 9.47 Å². The first-order valence-electron chi connectivity index (χ1n) is 11.8. The third-order valence-corrected chi connectivity index (χ3v) is 6.22. The number of likely N-dealkylation sites (tertiary alicyclic amines) is 1. The van der Waals surface area contributed by atoms with E-state index < -0.39 is 0 Å². The van der Waals surface area contributed by atoms with Gasteiger partial charge in [-0.15, -0.1) is 0 Å². The number of hydrogen-bond acceptors (Lipinski definition) is 4. The molecular weight excluding hydrogens is 376 g/mol. The molecule has 0 aromatic carbocycles. The van der Waals surface area contributed by atoms with Crippen molar-refractivity contribution >= 4 is 5.96 Å². The topological polar surface area (TPSA) is 59.0 Å². The third kappa shape index (κ3) is 6.95.